The van der Waals surface area contributed by atoms with Crippen LogP contribution in [0, 0.1) is 5.92 Å². The van der Waals surface area contributed by atoms with E-state index >= 15 is 0 Å². The lowest BCUT2D eigenvalue weighted by molar-refractivity contribution is 0.287. The molecule has 20 heavy (non-hydrogen) atoms. The molecule has 2 aliphatic rings. The van der Waals surface area contributed by atoms with Crippen LogP contribution < -0.4 is 15.4 Å². The predicted octanol–water partition coefficient (Wildman–Crippen LogP) is 3.18. The average molecular weight is 274 g/mol. The minimum absolute atomic E-state index is 0.137. The molecular weight excluding hydrogens is 248 g/mol. The minimum atomic E-state index is 0.137. The molecule has 0 amide bonds. The molecule has 1 aliphatic carbocycles. The Kier molecular flexibility index (Phi) is 3.88. The Morgan fingerprint density at radius 3 is 3.00 bits per heavy atom. The van der Waals surface area contributed by atoms with E-state index in [-0.39, 0.29) is 5.54 Å². The second-order valence-electron chi connectivity index (χ2n) is 6.13. The Hall–Kier alpha value is -1.22. The average Bonchev–Trinajstić information content (AvgIpc) is 2.80. The van der Waals surface area contributed by atoms with E-state index < -0.39 is 0 Å². The van der Waals surface area contributed by atoms with E-state index in [4.69, 9.17) is 10.5 Å². The zero-order valence-electron chi connectivity index (χ0n) is 12.5. The standard InChI is InChI=1S/C17H26N2O/c1-2-14-7-5-10-17(14,13-18)19-11-6-12-20-16-9-4-3-8-15(16)19/h3-4,8-9,14H,2,5-7,10-13,18H2,1H3. The highest BCUT2D eigenvalue weighted by molar-refractivity contribution is 5.61. The Morgan fingerprint density at radius 1 is 1.35 bits per heavy atom. The van der Waals surface area contributed by atoms with Crippen LogP contribution in [0.15, 0.2) is 24.3 Å². The molecular formula is C17H26N2O. The molecule has 3 rings (SSSR count). The van der Waals surface area contributed by atoms with Crippen LogP contribution >= 0.6 is 0 Å². The first-order valence-electron chi connectivity index (χ1n) is 8.01. The number of nitrogens with two attached hydrogens (primary N) is 1. The maximum absolute atomic E-state index is 6.29. The quantitative estimate of drug-likeness (QED) is 0.920. The molecule has 110 valence electrons. The van der Waals surface area contributed by atoms with Crippen LogP contribution in [-0.2, 0) is 0 Å². The van der Waals surface area contributed by atoms with Gasteiger partial charge in [0.15, 0.2) is 0 Å². The number of anilines is 1. The normalized spacial score (nSPS) is 29.7. The summed E-state index contributed by atoms with van der Waals surface area (Å²) in [6.07, 6.45) is 6.13. The van der Waals surface area contributed by atoms with Gasteiger partial charge in [-0.25, -0.2) is 0 Å². The van der Waals surface area contributed by atoms with Gasteiger partial charge in [-0.1, -0.05) is 31.9 Å². The zero-order valence-corrected chi connectivity index (χ0v) is 12.5. The van der Waals surface area contributed by atoms with Gasteiger partial charge in [-0.05, 0) is 37.3 Å². The number of para-hydroxylation sites is 2. The number of rotatable bonds is 3. The van der Waals surface area contributed by atoms with Crippen molar-refractivity contribution in [1.29, 1.82) is 0 Å². The summed E-state index contributed by atoms with van der Waals surface area (Å²) >= 11 is 0. The van der Waals surface area contributed by atoms with Gasteiger partial charge >= 0.3 is 0 Å². The summed E-state index contributed by atoms with van der Waals surface area (Å²) < 4.78 is 5.91. The van der Waals surface area contributed by atoms with Crippen molar-refractivity contribution in [2.45, 2.75) is 44.6 Å². The van der Waals surface area contributed by atoms with Crippen molar-refractivity contribution in [3.8, 4) is 5.75 Å². The van der Waals surface area contributed by atoms with E-state index in [1.165, 1.54) is 31.4 Å². The first-order chi connectivity index (χ1) is 9.81. The van der Waals surface area contributed by atoms with E-state index in [1.54, 1.807) is 0 Å². The number of fused-ring (bicyclic) bond motifs is 1. The van der Waals surface area contributed by atoms with Crippen molar-refractivity contribution in [3.63, 3.8) is 0 Å². The van der Waals surface area contributed by atoms with E-state index in [9.17, 15) is 0 Å². The molecule has 0 aromatic heterocycles. The first kappa shape index (κ1) is 13.7. The number of ether oxygens (including phenoxy) is 1. The molecule has 0 spiro atoms. The molecule has 2 unspecified atom stereocenters. The van der Waals surface area contributed by atoms with Gasteiger partial charge in [0.2, 0.25) is 0 Å². The molecule has 0 saturated heterocycles. The molecule has 0 radical (unpaired) electrons. The van der Waals surface area contributed by atoms with Gasteiger partial charge in [-0.2, -0.15) is 0 Å². The highest BCUT2D eigenvalue weighted by Gasteiger charge is 2.46. The minimum Gasteiger partial charge on any atom is -0.491 e. The predicted molar refractivity (Wildman–Crippen MR) is 83.3 cm³/mol. The summed E-state index contributed by atoms with van der Waals surface area (Å²) in [7, 11) is 0. The highest BCUT2D eigenvalue weighted by Crippen LogP contribution is 2.46. The van der Waals surface area contributed by atoms with Crippen LogP contribution in [0.1, 0.15) is 39.0 Å². The summed E-state index contributed by atoms with van der Waals surface area (Å²) in [5, 5.41) is 0. The second kappa shape index (κ2) is 5.65. The fourth-order valence-corrected chi connectivity index (χ4v) is 4.24. The fourth-order valence-electron chi connectivity index (χ4n) is 4.24. The monoisotopic (exact) mass is 274 g/mol. The van der Waals surface area contributed by atoms with Gasteiger partial charge in [-0.15, -0.1) is 0 Å². The largest absolute Gasteiger partial charge is 0.491 e. The summed E-state index contributed by atoms with van der Waals surface area (Å²) in [6.45, 7) is 4.93. The Bertz CT molecular complexity index is 462. The van der Waals surface area contributed by atoms with Crippen molar-refractivity contribution >= 4 is 5.69 Å². The lowest BCUT2D eigenvalue weighted by Crippen LogP contribution is -2.56. The maximum atomic E-state index is 6.29. The molecule has 3 heteroatoms. The summed E-state index contributed by atoms with van der Waals surface area (Å²) in [5.74, 6) is 1.73. The van der Waals surface area contributed by atoms with Crippen LogP contribution in [0.5, 0.6) is 5.75 Å². The molecule has 1 fully saturated rings. The molecule has 2 atom stereocenters. The van der Waals surface area contributed by atoms with E-state index in [0.717, 1.165) is 31.9 Å². The lowest BCUT2D eigenvalue weighted by atomic mass is 9.82. The first-order valence-corrected chi connectivity index (χ1v) is 8.01. The number of hydrogen-bond acceptors (Lipinski definition) is 3. The smallest absolute Gasteiger partial charge is 0.142 e. The molecule has 1 aromatic carbocycles. The van der Waals surface area contributed by atoms with E-state index in [0.29, 0.717) is 5.92 Å². The summed E-state index contributed by atoms with van der Waals surface area (Å²) in [5.41, 5.74) is 7.67. The van der Waals surface area contributed by atoms with E-state index in [1.807, 2.05) is 0 Å². The van der Waals surface area contributed by atoms with Crippen molar-refractivity contribution in [2.75, 3.05) is 24.6 Å². The Labute approximate surface area is 122 Å². The van der Waals surface area contributed by atoms with Crippen molar-refractivity contribution in [2.24, 2.45) is 11.7 Å². The summed E-state index contributed by atoms with van der Waals surface area (Å²) in [4.78, 5) is 2.58. The summed E-state index contributed by atoms with van der Waals surface area (Å²) in [6, 6.07) is 8.46. The molecule has 1 heterocycles. The number of benzene rings is 1. The molecule has 3 nitrogen and oxygen atoms in total. The molecule has 1 aliphatic heterocycles. The molecule has 0 bridgehead atoms. The van der Waals surface area contributed by atoms with Gasteiger partial charge < -0.3 is 15.4 Å². The van der Waals surface area contributed by atoms with Crippen LogP contribution in [0.25, 0.3) is 0 Å². The van der Waals surface area contributed by atoms with Crippen LogP contribution in [0.2, 0.25) is 0 Å². The third kappa shape index (κ3) is 2.08. The highest BCUT2D eigenvalue weighted by atomic mass is 16.5. The van der Waals surface area contributed by atoms with Gasteiger partial charge in [0.25, 0.3) is 0 Å². The molecule has 1 aromatic rings. The van der Waals surface area contributed by atoms with Gasteiger partial charge in [0, 0.05) is 13.1 Å². The third-order valence-electron chi connectivity index (χ3n) is 5.25. The van der Waals surface area contributed by atoms with E-state index in [2.05, 4.69) is 36.1 Å². The van der Waals surface area contributed by atoms with Crippen molar-refractivity contribution in [3.05, 3.63) is 24.3 Å². The van der Waals surface area contributed by atoms with Gasteiger partial charge in [-0.3, -0.25) is 0 Å². The van der Waals surface area contributed by atoms with Crippen molar-refractivity contribution < 1.29 is 4.74 Å². The lowest BCUT2D eigenvalue weighted by Gasteiger charge is -2.46. The van der Waals surface area contributed by atoms with Crippen LogP contribution in [0.4, 0.5) is 5.69 Å². The maximum Gasteiger partial charge on any atom is 0.142 e. The van der Waals surface area contributed by atoms with Crippen LogP contribution in [0.3, 0.4) is 0 Å². The number of nitrogens with zero attached hydrogens (tertiary/aromatic N) is 1. The Balaban J connectivity index is 2.03. The number of hydrogen-bond donors (Lipinski definition) is 1. The third-order valence-corrected chi connectivity index (χ3v) is 5.25. The molecule has 1 saturated carbocycles. The van der Waals surface area contributed by atoms with Crippen LogP contribution in [-0.4, -0.2) is 25.2 Å². The SMILES string of the molecule is CCC1CCCC1(CN)N1CCCOc2ccccc21. The zero-order chi connectivity index (χ0) is 14.0. The molecule has 2 N–H and O–H groups in total. The topological polar surface area (TPSA) is 38.5 Å². The van der Waals surface area contributed by atoms with Gasteiger partial charge in [0.05, 0.1) is 17.8 Å². The van der Waals surface area contributed by atoms with Gasteiger partial charge in [0.1, 0.15) is 5.75 Å². The fraction of sp³-hybridized carbons (Fsp3) is 0.647. The Morgan fingerprint density at radius 2 is 2.20 bits per heavy atom. The second-order valence-corrected chi connectivity index (χ2v) is 6.13. The van der Waals surface area contributed by atoms with Crippen molar-refractivity contribution in [1.82, 2.24) is 0 Å².